The van der Waals surface area contributed by atoms with Crippen LogP contribution in [0.2, 0.25) is 0 Å². The zero-order valence-corrected chi connectivity index (χ0v) is 9.51. The summed E-state index contributed by atoms with van der Waals surface area (Å²) in [6.07, 6.45) is -5.67. The molecule has 17 heavy (non-hydrogen) atoms. The number of aliphatic carboxylic acids is 1. The van der Waals surface area contributed by atoms with Crippen LogP contribution in [-0.2, 0) is 9.59 Å². The first-order valence-electron chi connectivity index (χ1n) is 5.29. The first-order valence-corrected chi connectivity index (χ1v) is 5.29. The van der Waals surface area contributed by atoms with E-state index in [9.17, 15) is 22.8 Å². The highest BCUT2D eigenvalue weighted by molar-refractivity contribution is 5.76. The summed E-state index contributed by atoms with van der Waals surface area (Å²) in [6.45, 7) is 1.86. The molecule has 1 atom stereocenters. The minimum atomic E-state index is -4.34. The Morgan fingerprint density at radius 3 is 2.35 bits per heavy atom. The molecule has 7 heteroatoms. The number of carbonyl (C=O) groups excluding carboxylic acids is 1. The predicted molar refractivity (Wildman–Crippen MR) is 54.3 cm³/mol. The van der Waals surface area contributed by atoms with Crippen molar-refractivity contribution in [2.24, 2.45) is 5.92 Å². The van der Waals surface area contributed by atoms with Gasteiger partial charge in [-0.15, -0.1) is 0 Å². The SMILES string of the molecule is CCC(CNC(=O)CCC(F)(F)F)CC(=O)O. The van der Waals surface area contributed by atoms with Crippen molar-refractivity contribution >= 4 is 11.9 Å². The quantitative estimate of drug-likeness (QED) is 0.730. The summed E-state index contributed by atoms with van der Waals surface area (Å²) >= 11 is 0. The number of hydrogen-bond donors (Lipinski definition) is 2. The Morgan fingerprint density at radius 2 is 1.94 bits per heavy atom. The minimum absolute atomic E-state index is 0.0967. The summed E-state index contributed by atoms with van der Waals surface area (Å²) in [4.78, 5) is 21.4. The standard InChI is InChI=1S/C10H16F3NO3/c1-2-7(5-9(16)17)6-14-8(15)3-4-10(11,12)13/h7H,2-6H2,1H3,(H,14,15)(H,16,17). The van der Waals surface area contributed by atoms with Crippen molar-refractivity contribution in [2.75, 3.05) is 6.54 Å². The summed E-state index contributed by atoms with van der Waals surface area (Å²) in [7, 11) is 0. The summed E-state index contributed by atoms with van der Waals surface area (Å²) in [6, 6.07) is 0. The molecule has 1 amide bonds. The van der Waals surface area contributed by atoms with E-state index in [4.69, 9.17) is 5.11 Å². The maximum absolute atomic E-state index is 11.8. The molecule has 0 fully saturated rings. The Bertz CT molecular complexity index is 266. The molecule has 0 saturated carbocycles. The van der Waals surface area contributed by atoms with E-state index >= 15 is 0 Å². The second-order valence-corrected chi connectivity index (χ2v) is 3.79. The van der Waals surface area contributed by atoms with Gasteiger partial charge in [-0.1, -0.05) is 13.3 Å². The molecule has 0 aliphatic carbocycles. The van der Waals surface area contributed by atoms with E-state index in [2.05, 4.69) is 5.32 Å². The molecule has 0 aromatic carbocycles. The first kappa shape index (κ1) is 15.7. The van der Waals surface area contributed by atoms with Gasteiger partial charge in [0.25, 0.3) is 0 Å². The third-order valence-electron chi connectivity index (χ3n) is 2.26. The van der Waals surface area contributed by atoms with Crippen LogP contribution in [0.15, 0.2) is 0 Å². The Kier molecular flexibility index (Phi) is 6.60. The van der Waals surface area contributed by atoms with Gasteiger partial charge in [0.05, 0.1) is 6.42 Å². The Morgan fingerprint density at radius 1 is 1.35 bits per heavy atom. The average Bonchev–Trinajstić information content (AvgIpc) is 2.19. The van der Waals surface area contributed by atoms with Crippen molar-refractivity contribution in [1.29, 1.82) is 0 Å². The predicted octanol–water partition coefficient (Wildman–Crippen LogP) is 1.95. The Balaban J connectivity index is 3.85. The summed E-state index contributed by atoms with van der Waals surface area (Å²) in [5, 5.41) is 10.8. The van der Waals surface area contributed by atoms with Gasteiger partial charge in [0.15, 0.2) is 0 Å². The first-order chi connectivity index (χ1) is 7.74. The molecule has 0 aliphatic rings. The second-order valence-electron chi connectivity index (χ2n) is 3.79. The van der Waals surface area contributed by atoms with Gasteiger partial charge in [0.1, 0.15) is 0 Å². The molecule has 0 heterocycles. The maximum atomic E-state index is 11.8. The number of hydrogen-bond acceptors (Lipinski definition) is 2. The lowest BCUT2D eigenvalue weighted by Gasteiger charge is -2.13. The topological polar surface area (TPSA) is 66.4 Å². The molecule has 0 spiro atoms. The van der Waals surface area contributed by atoms with Crippen molar-refractivity contribution in [3.8, 4) is 0 Å². The van der Waals surface area contributed by atoms with Crippen LogP contribution in [0.4, 0.5) is 13.2 Å². The van der Waals surface area contributed by atoms with Crippen LogP contribution in [-0.4, -0.2) is 29.7 Å². The number of carboxylic acid groups (broad SMARTS) is 1. The van der Waals surface area contributed by atoms with Gasteiger partial charge >= 0.3 is 12.1 Å². The van der Waals surface area contributed by atoms with Gasteiger partial charge in [-0.05, 0) is 5.92 Å². The number of amides is 1. The third-order valence-corrected chi connectivity index (χ3v) is 2.26. The van der Waals surface area contributed by atoms with Crippen LogP contribution >= 0.6 is 0 Å². The fraction of sp³-hybridized carbons (Fsp3) is 0.800. The molecule has 100 valence electrons. The fourth-order valence-electron chi connectivity index (χ4n) is 1.21. The largest absolute Gasteiger partial charge is 0.481 e. The van der Waals surface area contributed by atoms with Crippen molar-refractivity contribution in [3.63, 3.8) is 0 Å². The van der Waals surface area contributed by atoms with E-state index in [0.717, 1.165) is 0 Å². The summed E-state index contributed by atoms with van der Waals surface area (Å²) in [5.74, 6) is -1.94. The van der Waals surface area contributed by atoms with Gasteiger partial charge < -0.3 is 10.4 Å². The lowest BCUT2D eigenvalue weighted by Crippen LogP contribution is -2.30. The number of nitrogens with one attached hydrogen (secondary N) is 1. The van der Waals surface area contributed by atoms with E-state index in [-0.39, 0.29) is 18.9 Å². The van der Waals surface area contributed by atoms with Gasteiger partial charge in [-0.3, -0.25) is 9.59 Å². The van der Waals surface area contributed by atoms with Crippen molar-refractivity contribution in [3.05, 3.63) is 0 Å². The van der Waals surface area contributed by atoms with Crippen molar-refractivity contribution < 1.29 is 27.9 Å². The molecule has 1 unspecified atom stereocenters. The number of carbonyl (C=O) groups is 2. The Labute approximate surface area is 97.2 Å². The summed E-state index contributed by atoms with van der Waals surface area (Å²) in [5.41, 5.74) is 0. The smallest absolute Gasteiger partial charge is 0.389 e. The molecule has 0 rings (SSSR count). The minimum Gasteiger partial charge on any atom is -0.481 e. The molecular formula is C10H16F3NO3. The van der Waals surface area contributed by atoms with Crippen molar-refractivity contribution in [1.82, 2.24) is 5.32 Å². The Hall–Kier alpha value is -1.27. The zero-order chi connectivity index (χ0) is 13.5. The van der Waals surface area contributed by atoms with Crippen LogP contribution in [0.3, 0.4) is 0 Å². The maximum Gasteiger partial charge on any atom is 0.389 e. The van der Waals surface area contributed by atoms with Crippen molar-refractivity contribution in [2.45, 2.75) is 38.8 Å². The number of halogens is 3. The molecule has 4 nitrogen and oxygen atoms in total. The van der Waals surface area contributed by atoms with Crippen LogP contribution in [0.25, 0.3) is 0 Å². The van der Waals surface area contributed by atoms with Crippen LogP contribution in [0, 0.1) is 5.92 Å². The van der Waals surface area contributed by atoms with Gasteiger partial charge in [-0.25, -0.2) is 0 Å². The van der Waals surface area contributed by atoms with Crippen LogP contribution in [0.5, 0.6) is 0 Å². The lowest BCUT2D eigenvalue weighted by molar-refractivity contribution is -0.144. The van der Waals surface area contributed by atoms with E-state index in [1.165, 1.54) is 0 Å². The highest BCUT2D eigenvalue weighted by atomic mass is 19.4. The molecular weight excluding hydrogens is 239 g/mol. The van der Waals surface area contributed by atoms with Gasteiger partial charge in [0.2, 0.25) is 5.91 Å². The summed E-state index contributed by atoms with van der Waals surface area (Å²) < 4.78 is 35.4. The number of carboxylic acids is 1. The second kappa shape index (κ2) is 7.13. The lowest BCUT2D eigenvalue weighted by atomic mass is 10.0. The molecule has 0 saturated heterocycles. The highest BCUT2D eigenvalue weighted by Crippen LogP contribution is 2.21. The molecule has 0 radical (unpaired) electrons. The van der Waals surface area contributed by atoms with Gasteiger partial charge in [-0.2, -0.15) is 13.2 Å². The van der Waals surface area contributed by atoms with Gasteiger partial charge in [0, 0.05) is 19.4 Å². The van der Waals surface area contributed by atoms with E-state index in [0.29, 0.717) is 6.42 Å². The normalized spacial score (nSPS) is 13.2. The number of rotatable bonds is 7. The zero-order valence-electron chi connectivity index (χ0n) is 9.51. The fourth-order valence-corrected chi connectivity index (χ4v) is 1.21. The van der Waals surface area contributed by atoms with Crippen LogP contribution < -0.4 is 5.32 Å². The average molecular weight is 255 g/mol. The van der Waals surface area contributed by atoms with E-state index < -0.39 is 30.9 Å². The molecule has 2 N–H and O–H groups in total. The van der Waals surface area contributed by atoms with E-state index in [1.54, 1.807) is 6.92 Å². The molecule has 0 bridgehead atoms. The highest BCUT2D eigenvalue weighted by Gasteiger charge is 2.27. The van der Waals surface area contributed by atoms with E-state index in [1.807, 2.05) is 0 Å². The number of alkyl halides is 3. The monoisotopic (exact) mass is 255 g/mol. The molecule has 0 aliphatic heterocycles. The molecule has 0 aromatic rings. The van der Waals surface area contributed by atoms with Crippen LogP contribution in [0.1, 0.15) is 32.6 Å². The third kappa shape index (κ3) is 9.65. The molecule has 0 aromatic heterocycles.